The first-order valence-electron chi connectivity index (χ1n) is 9.29. The van der Waals surface area contributed by atoms with Crippen LogP contribution in [-0.2, 0) is 7.05 Å². The second-order valence-electron chi connectivity index (χ2n) is 7.27. The summed E-state index contributed by atoms with van der Waals surface area (Å²) in [7, 11) is 1.96. The van der Waals surface area contributed by atoms with Crippen molar-refractivity contribution in [2.24, 2.45) is 13.0 Å². The number of aromatic nitrogens is 1. The number of benzene rings is 2. The van der Waals surface area contributed by atoms with Crippen LogP contribution in [0.1, 0.15) is 35.8 Å². The van der Waals surface area contributed by atoms with Crippen LogP contribution in [0.5, 0.6) is 11.5 Å². The molecule has 0 unspecified atom stereocenters. The molecule has 0 saturated heterocycles. The standard InChI is InChI=1S/C22H24N2O3/c1-14(2)21(15-8-9-19-20(12-15)27-11-10-26-19)23-22(25)17-13-24(3)18-7-5-4-6-16(17)18/h4-9,12-14,21H,10-11H2,1-3H3,(H,23,25)/t21-/m1/s1. The topological polar surface area (TPSA) is 52.5 Å². The molecular formula is C22H24N2O3. The SMILES string of the molecule is CC(C)[C@@H](NC(=O)c1cn(C)c2ccccc12)c1ccc2c(c1)OCCO2. The molecule has 27 heavy (non-hydrogen) atoms. The van der Waals surface area contributed by atoms with E-state index in [0.717, 1.165) is 28.0 Å². The smallest absolute Gasteiger partial charge is 0.253 e. The molecule has 0 aliphatic carbocycles. The number of nitrogens with zero attached hydrogens (tertiary/aromatic N) is 1. The van der Waals surface area contributed by atoms with E-state index < -0.39 is 0 Å². The number of hydrogen-bond acceptors (Lipinski definition) is 3. The first-order valence-corrected chi connectivity index (χ1v) is 9.29. The molecule has 2 aromatic carbocycles. The second kappa shape index (κ2) is 6.99. The monoisotopic (exact) mass is 364 g/mol. The van der Waals surface area contributed by atoms with Gasteiger partial charge in [-0.3, -0.25) is 4.79 Å². The molecule has 2 heterocycles. The summed E-state index contributed by atoms with van der Waals surface area (Å²) in [6.45, 7) is 5.32. The van der Waals surface area contributed by atoms with Crippen molar-refractivity contribution in [2.45, 2.75) is 19.9 Å². The van der Waals surface area contributed by atoms with Gasteiger partial charge in [-0.25, -0.2) is 0 Å². The Kier molecular flexibility index (Phi) is 4.52. The number of rotatable bonds is 4. The lowest BCUT2D eigenvalue weighted by atomic mass is 9.95. The highest BCUT2D eigenvalue weighted by Gasteiger charge is 2.23. The number of fused-ring (bicyclic) bond motifs is 2. The normalized spacial score (nSPS) is 14.4. The average molecular weight is 364 g/mol. The van der Waals surface area contributed by atoms with E-state index in [-0.39, 0.29) is 17.9 Å². The molecule has 1 amide bonds. The third kappa shape index (κ3) is 3.25. The molecule has 1 aliphatic rings. The first-order chi connectivity index (χ1) is 13.0. The van der Waals surface area contributed by atoms with Crippen molar-refractivity contribution < 1.29 is 14.3 Å². The van der Waals surface area contributed by atoms with Crippen molar-refractivity contribution >= 4 is 16.8 Å². The largest absolute Gasteiger partial charge is 0.486 e. The van der Waals surface area contributed by atoms with Crippen LogP contribution in [-0.4, -0.2) is 23.7 Å². The molecule has 1 atom stereocenters. The summed E-state index contributed by atoms with van der Waals surface area (Å²) >= 11 is 0. The molecule has 140 valence electrons. The zero-order valence-corrected chi connectivity index (χ0v) is 15.9. The van der Waals surface area contributed by atoms with E-state index in [4.69, 9.17) is 9.47 Å². The van der Waals surface area contributed by atoms with Crippen molar-refractivity contribution in [1.82, 2.24) is 9.88 Å². The molecule has 1 aromatic heterocycles. The zero-order valence-electron chi connectivity index (χ0n) is 15.9. The van der Waals surface area contributed by atoms with Crippen molar-refractivity contribution in [3.63, 3.8) is 0 Å². The lowest BCUT2D eigenvalue weighted by molar-refractivity contribution is 0.0927. The maximum absolute atomic E-state index is 13.1. The van der Waals surface area contributed by atoms with Gasteiger partial charge in [-0.2, -0.15) is 0 Å². The highest BCUT2D eigenvalue weighted by Crippen LogP contribution is 2.34. The van der Waals surface area contributed by atoms with Gasteiger partial charge in [0, 0.05) is 24.1 Å². The van der Waals surface area contributed by atoms with E-state index in [9.17, 15) is 4.79 Å². The van der Waals surface area contributed by atoms with Crippen molar-refractivity contribution in [3.8, 4) is 11.5 Å². The van der Waals surface area contributed by atoms with Crippen LogP contribution in [0.2, 0.25) is 0 Å². The third-order valence-electron chi connectivity index (χ3n) is 5.02. The van der Waals surface area contributed by atoms with Crippen LogP contribution in [0, 0.1) is 5.92 Å². The number of carbonyl (C=O) groups excluding carboxylic acids is 1. The summed E-state index contributed by atoms with van der Waals surface area (Å²) < 4.78 is 13.3. The fourth-order valence-corrected chi connectivity index (χ4v) is 3.63. The summed E-state index contributed by atoms with van der Waals surface area (Å²) in [5, 5.41) is 4.17. The van der Waals surface area contributed by atoms with Crippen LogP contribution >= 0.6 is 0 Å². The number of para-hydroxylation sites is 1. The van der Waals surface area contributed by atoms with E-state index >= 15 is 0 Å². The van der Waals surface area contributed by atoms with Crippen LogP contribution in [0.3, 0.4) is 0 Å². The minimum absolute atomic E-state index is 0.0691. The summed E-state index contributed by atoms with van der Waals surface area (Å²) in [5.74, 6) is 1.66. The first kappa shape index (κ1) is 17.5. The fourth-order valence-electron chi connectivity index (χ4n) is 3.63. The molecule has 5 heteroatoms. The van der Waals surface area contributed by atoms with Crippen molar-refractivity contribution in [1.29, 1.82) is 0 Å². The molecule has 0 spiro atoms. The molecule has 0 bridgehead atoms. The highest BCUT2D eigenvalue weighted by molar-refractivity contribution is 6.07. The summed E-state index contributed by atoms with van der Waals surface area (Å²) in [6, 6.07) is 13.7. The number of ether oxygens (including phenoxy) is 2. The molecular weight excluding hydrogens is 340 g/mol. The maximum Gasteiger partial charge on any atom is 0.253 e. The van der Waals surface area contributed by atoms with E-state index in [0.29, 0.717) is 18.8 Å². The molecule has 0 saturated carbocycles. The Bertz CT molecular complexity index is 990. The number of carbonyl (C=O) groups is 1. The van der Waals surface area contributed by atoms with Gasteiger partial charge in [0.1, 0.15) is 13.2 Å². The second-order valence-corrected chi connectivity index (χ2v) is 7.27. The Hall–Kier alpha value is -2.95. The lowest BCUT2D eigenvalue weighted by Gasteiger charge is -2.25. The molecule has 1 aliphatic heterocycles. The van der Waals surface area contributed by atoms with Gasteiger partial charge in [-0.1, -0.05) is 38.1 Å². The zero-order chi connectivity index (χ0) is 19.0. The quantitative estimate of drug-likeness (QED) is 0.759. The summed E-state index contributed by atoms with van der Waals surface area (Å²) in [5.41, 5.74) is 2.75. The van der Waals surface area contributed by atoms with Gasteiger partial charge >= 0.3 is 0 Å². The summed E-state index contributed by atoms with van der Waals surface area (Å²) in [4.78, 5) is 13.1. The Morgan fingerprint density at radius 3 is 2.59 bits per heavy atom. The van der Waals surface area contributed by atoms with Crippen LogP contribution in [0.4, 0.5) is 0 Å². The lowest BCUT2D eigenvalue weighted by Crippen LogP contribution is -2.31. The Balaban J connectivity index is 1.64. The predicted molar refractivity (Wildman–Crippen MR) is 105 cm³/mol. The van der Waals surface area contributed by atoms with Crippen molar-refractivity contribution in [3.05, 3.63) is 59.8 Å². The van der Waals surface area contributed by atoms with Crippen LogP contribution in [0.25, 0.3) is 10.9 Å². The van der Waals surface area contributed by atoms with Crippen LogP contribution < -0.4 is 14.8 Å². The number of hydrogen-bond donors (Lipinski definition) is 1. The average Bonchev–Trinajstić information content (AvgIpc) is 3.02. The Morgan fingerprint density at radius 2 is 1.81 bits per heavy atom. The number of aryl methyl sites for hydroxylation is 1. The van der Waals surface area contributed by atoms with Gasteiger partial charge < -0.3 is 19.4 Å². The minimum Gasteiger partial charge on any atom is -0.486 e. The Morgan fingerprint density at radius 1 is 1.07 bits per heavy atom. The van der Waals surface area contributed by atoms with Gasteiger partial charge in [-0.05, 0) is 29.7 Å². The van der Waals surface area contributed by atoms with E-state index in [1.165, 1.54) is 0 Å². The van der Waals surface area contributed by atoms with Gasteiger partial charge in [0.2, 0.25) is 0 Å². The van der Waals surface area contributed by atoms with E-state index in [1.54, 1.807) is 0 Å². The summed E-state index contributed by atoms with van der Waals surface area (Å²) in [6.07, 6.45) is 1.89. The van der Waals surface area contributed by atoms with Gasteiger partial charge in [-0.15, -0.1) is 0 Å². The molecule has 5 nitrogen and oxygen atoms in total. The van der Waals surface area contributed by atoms with Crippen LogP contribution in [0.15, 0.2) is 48.7 Å². The molecule has 1 N–H and O–H groups in total. The third-order valence-corrected chi connectivity index (χ3v) is 5.02. The Labute approximate surface area is 158 Å². The minimum atomic E-state index is -0.118. The number of amides is 1. The predicted octanol–water partition coefficient (Wildman–Crippen LogP) is 4.08. The fraction of sp³-hybridized carbons (Fsp3) is 0.318. The van der Waals surface area contributed by atoms with Gasteiger partial charge in [0.15, 0.2) is 11.5 Å². The van der Waals surface area contributed by atoms with Gasteiger partial charge in [0.05, 0.1) is 11.6 Å². The van der Waals surface area contributed by atoms with E-state index in [1.807, 2.05) is 60.3 Å². The van der Waals surface area contributed by atoms with Gasteiger partial charge in [0.25, 0.3) is 5.91 Å². The molecule has 4 rings (SSSR count). The maximum atomic E-state index is 13.1. The number of nitrogens with one attached hydrogen (secondary N) is 1. The molecule has 0 fully saturated rings. The highest BCUT2D eigenvalue weighted by atomic mass is 16.6. The molecule has 3 aromatic rings. The van der Waals surface area contributed by atoms with Crippen molar-refractivity contribution in [2.75, 3.05) is 13.2 Å². The molecule has 0 radical (unpaired) electrons. The van der Waals surface area contributed by atoms with E-state index in [2.05, 4.69) is 19.2 Å².